The van der Waals surface area contributed by atoms with Gasteiger partial charge in [-0.3, -0.25) is 14.5 Å². The molecule has 1 fully saturated rings. The molecule has 2 aromatic rings. The Kier molecular flexibility index (Phi) is 4.30. The van der Waals surface area contributed by atoms with Gasteiger partial charge in [-0.15, -0.1) is 0 Å². The van der Waals surface area contributed by atoms with E-state index in [4.69, 9.17) is 0 Å². The Bertz CT molecular complexity index is 816. The van der Waals surface area contributed by atoms with Crippen molar-refractivity contribution in [2.24, 2.45) is 0 Å². The van der Waals surface area contributed by atoms with E-state index in [1.165, 1.54) is 17.0 Å². The maximum atomic E-state index is 13.2. The van der Waals surface area contributed by atoms with Crippen LogP contribution >= 0.6 is 11.8 Å². The molecule has 0 aliphatic carbocycles. The molecule has 1 saturated heterocycles. The van der Waals surface area contributed by atoms with Gasteiger partial charge in [-0.25, -0.2) is 4.39 Å². The minimum Gasteiger partial charge on any atom is -0.268 e. The fourth-order valence-corrected chi connectivity index (χ4v) is 3.22. The molecule has 23 heavy (non-hydrogen) atoms. The summed E-state index contributed by atoms with van der Waals surface area (Å²) in [5, 5.41) is -0.306. The normalized spacial score (nSPS) is 16.4. The lowest BCUT2D eigenvalue weighted by atomic mass is 10.1. The predicted molar refractivity (Wildman–Crippen MR) is 89.1 cm³/mol. The van der Waals surface area contributed by atoms with Crippen LogP contribution in [0, 0.1) is 12.7 Å². The van der Waals surface area contributed by atoms with Crippen molar-refractivity contribution in [3.8, 4) is 0 Å². The molecule has 2 amide bonds. The standard InChI is InChI=1S/C18H14FNO2S/c1-12-4-2-6-14(8-12)11-20-17(21)16(23-18(20)22)10-13-5-3-7-15(19)9-13/h2-10H,11H2,1H3/b16-10-. The van der Waals surface area contributed by atoms with Crippen LogP contribution in [0.1, 0.15) is 16.7 Å². The number of thioether (sulfide) groups is 1. The molecule has 0 atom stereocenters. The molecule has 0 spiro atoms. The fraction of sp³-hybridized carbons (Fsp3) is 0.111. The third-order valence-corrected chi connectivity index (χ3v) is 4.35. The Morgan fingerprint density at radius 2 is 1.91 bits per heavy atom. The van der Waals surface area contributed by atoms with Crippen LogP contribution in [-0.2, 0) is 11.3 Å². The molecule has 0 saturated carbocycles. The molecule has 116 valence electrons. The van der Waals surface area contributed by atoms with Gasteiger partial charge in [0.1, 0.15) is 5.82 Å². The van der Waals surface area contributed by atoms with Crippen molar-refractivity contribution in [2.45, 2.75) is 13.5 Å². The Labute approximate surface area is 137 Å². The second-order valence-electron chi connectivity index (χ2n) is 5.31. The molecule has 0 bridgehead atoms. The molecule has 3 nitrogen and oxygen atoms in total. The first-order valence-corrected chi connectivity index (χ1v) is 7.91. The molecule has 0 radical (unpaired) electrons. The highest BCUT2D eigenvalue weighted by atomic mass is 32.2. The van der Waals surface area contributed by atoms with Gasteiger partial charge in [-0.2, -0.15) is 0 Å². The van der Waals surface area contributed by atoms with Gasteiger partial charge >= 0.3 is 0 Å². The summed E-state index contributed by atoms with van der Waals surface area (Å²) in [6.07, 6.45) is 1.55. The third-order valence-electron chi connectivity index (χ3n) is 3.44. The van der Waals surface area contributed by atoms with Gasteiger partial charge in [0.2, 0.25) is 0 Å². The van der Waals surface area contributed by atoms with E-state index < -0.39 is 0 Å². The van der Waals surface area contributed by atoms with Crippen molar-refractivity contribution in [3.63, 3.8) is 0 Å². The van der Waals surface area contributed by atoms with Crippen molar-refractivity contribution >= 4 is 29.0 Å². The van der Waals surface area contributed by atoms with E-state index in [0.717, 1.165) is 22.9 Å². The van der Waals surface area contributed by atoms with Gasteiger partial charge < -0.3 is 0 Å². The number of halogens is 1. The van der Waals surface area contributed by atoms with Crippen LogP contribution in [0.25, 0.3) is 6.08 Å². The van der Waals surface area contributed by atoms with Gasteiger partial charge in [-0.1, -0.05) is 42.0 Å². The summed E-state index contributed by atoms with van der Waals surface area (Å²) in [5.74, 6) is -0.719. The average molecular weight is 327 g/mol. The molecule has 1 aliphatic rings. The number of rotatable bonds is 3. The van der Waals surface area contributed by atoms with Crippen LogP contribution < -0.4 is 0 Å². The SMILES string of the molecule is Cc1cccc(CN2C(=O)S/C(=C\c3cccc(F)c3)C2=O)c1. The van der Waals surface area contributed by atoms with E-state index in [0.29, 0.717) is 10.5 Å². The highest BCUT2D eigenvalue weighted by Crippen LogP contribution is 2.33. The van der Waals surface area contributed by atoms with Crippen LogP contribution in [0.4, 0.5) is 9.18 Å². The zero-order valence-corrected chi connectivity index (χ0v) is 13.3. The maximum Gasteiger partial charge on any atom is 0.293 e. The van der Waals surface area contributed by atoms with Gasteiger partial charge in [0, 0.05) is 0 Å². The first-order valence-electron chi connectivity index (χ1n) is 7.09. The molecule has 0 unspecified atom stereocenters. The Balaban J connectivity index is 1.82. The van der Waals surface area contributed by atoms with Gasteiger partial charge in [-0.05, 0) is 48.0 Å². The van der Waals surface area contributed by atoms with E-state index in [2.05, 4.69) is 0 Å². The van der Waals surface area contributed by atoms with Crippen molar-refractivity contribution in [1.82, 2.24) is 4.90 Å². The number of benzene rings is 2. The molecule has 1 aliphatic heterocycles. The smallest absolute Gasteiger partial charge is 0.268 e. The number of nitrogens with zero attached hydrogens (tertiary/aromatic N) is 1. The lowest BCUT2D eigenvalue weighted by Crippen LogP contribution is -2.27. The number of hydrogen-bond donors (Lipinski definition) is 0. The quantitative estimate of drug-likeness (QED) is 0.786. The highest BCUT2D eigenvalue weighted by molar-refractivity contribution is 8.18. The largest absolute Gasteiger partial charge is 0.293 e. The van der Waals surface area contributed by atoms with Gasteiger partial charge in [0.05, 0.1) is 11.4 Å². The van der Waals surface area contributed by atoms with E-state index >= 15 is 0 Å². The summed E-state index contributed by atoms with van der Waals surface area (Å²) in [5.41, 5.74) is 2.54. The minimum atomic E-state index is -0.377. The molecule has 5 heteroatoms. The van der Waals surface area contributed by atoms with E-state index in [1.807, 2.05) is 31.2 Å². The lowest BCUT2D eigenvalue weighted by Gasteiger charge is -2.12. The second kappa shape index (κ2) is 6.38. The van der Waals surface area contributed by atoms with Gasteiger partial charge in [0.15, 0.2) is 0 Å². The predicted octanol–water partition coefficient (Wildman–Crippen LogP) is 4.37. The Morgan fingerprint density at radius 3 is 2.65 bits per heavy atom. The summed E-state index contributed by atoms with van der Waals surface area (Å²) in [6.45, 7) is 2.20. The highest BCUT2D eigenvalue weighted by Gasteiger charge is 2.34. The van der Waals surface area contributed by atoms with E-state index in [9.17, 15) is 14.0 Å². The molecule has 0 aromatic heterocycles. The average Bonchev–Trinajstić information content (AvgIpc) is 2.75. The molecule has 0 N–H and O–H groups in total. The fourth-order valence-electron chi connectivity index (χ4n) is 2.38. The first kappa shape index (κ1) is 15.5. The summed E-state index contributed by atoms with van der Waals surface area (Å²) in [4.78, 5) is 26.0. The number of carbonyl (C=O) groups is 2. The monoisotopic (exact) mass is 327 g/mol. The number of amides is 2. The maximum absolute atomic E-state index is 13.2. The van der Waals surface area contributed by atoms with E-state index in [-0.39, 0.29) is 23.5 Å². The number of aryl methyl sites for hydroxylation is 1. The zero-order valence-electron chi connectivity index (χ0n) is 12.5. The number of carbonyl (C=O) groups excluding carboxylic acids is 2. The summed E-state index contributed by atoms with van der Waals surface area (Å²) in [6, 6.07) is 13.6. The number of imide groups is 1. The number of hydrogen-bond acceptors (Lipinski definition) is 3. The topological polar surface area (TPSA) is 37.4 Å². The second-order valence-corrected chi connectivity index (χ2v) is 6.31. The molecule has 2 aromatic carbocycles. The van der Waals surface area contributed by atoms with Crippen molar-refractivity contribution in [3.05, 3.63) is 75.9 Å². The molecular formula is C18H14FNO2S. The molecule has 3 rings (SSSR count). The van der Waals surface area contributed by atoms with E-state index in [1.54, 1.807) is 18.2 Å². The van der Waals surface area contributed by atoms with Crippen LogP contribution in [0.5, 0.6) is 0 Å². The van der Waals surface area contributed by atoms with Crippen LogP contribution in [0.3, 0.4) is 0 Å². The van der Waals surface area contributed by atoms with Crippen molar-refractivity contribution in [2.75, 3.05) is 0 Å². The zero-order chi connectivity index (χ0) is 16.4. The van der Waals surface area contributed by atoms with Gasteiger partial charge in [0.25, 0.3) is 11.1 Å². The first-order chi connectivity index (χ1) is 11.0. The summed E-state index contributed by atoms with van der Waals surface area (Å²) < 4.78 is 13.2. The molecule has 1 heterocycles. The van der Waals surface area contributed by atoms with Crippen LogP contribution in [-0.4, -0.2) is 16.0 Å². The lowest BCUT2D eigenvalue weighted by molar-refractivity contribution is -0.123. The molecular weight excluding hydrogens is 313 g/mol. The van der Waals surface area contributed by atoms with Crippen molar-refractivity contribution in [1.29, 1.82) is 0 Å². The minimum absolute atomic E-state index is 0.243. The van der Waals surface area contributed by atoms with Crippen LogP contribution in [0.2, 0.25) is 0 Å². The third kappa shape index (κ3) is 3.51. The Morgan fingerprint density at radius 1 is 1.13 bits per heavy atom. The summed E-state index contributed by atoms with van der Waals surface area (Å²) in [7, 11) is 0. The van der Waals surface area contributed by atoms with Crippen LogP contribution in [0.15, 0.2) is 53.4 Å². The van der Waals surface area contributed by atoms with Crippen molar-refractivity contribution < 1.29 is 14.0 Å². The summed E-state index contributed by atoms with van der Waals surface area (Å²) >= 11 is 0.882. The Hall–Kier alpha value is -2.40.